The highest BCUT2D eigenvalue weighted by molar-refractivity contribution is 7.92. The Morgan fingerprint density at radius 1 is 0.409 bits per heavy atom. The lowest BCUT2D eigenvalue weighted by Gasteiger charge is -2.52. The molecule has 0 amide bonds. The van der Waals surface area contributed by atoms with Crippen LogP contribution in [0.25, 0.3) is 0 Å². The summed E-state index contributed by atoms with van der Waals surface area (Å²) in [4.78, 5) is -0.220. The van der Waals surface area contributed by atoms with Crippen molar-refractivity contribution in [2.45, 2.75) is 17.5 Å². The molecule has 6 aromatic rings. The van der Waals surface area contributed by atoms with Crippen LogP contribution in [0.2, 0.25) is 0 Å². The van der Waals surface area contributed by atoms with Gasteiger partial charge in [0.05, 0.1) is 0 Å². The third kappa shape index (κ3) is 6.35. The van der Waals surface area contributed by atoms with E-state index in [2.05, 4.69) is 189 Å². The molecule has 0 aromatic heterocycles. The largest absolute Gasteiger partial charge is 0.330 e. The fraction of sp³-hybridized carbons (Fsp3) is 0.100. The molecule has 6 aromatic carbocycles. The molecule has 1 unspecified atom stereocenters. The number of rotatable bonds is 11. The molecular weight excluding hydrogens is 587 g/mol. The molecule has 4 heteroatoms. The van der Waals surface area contributed by atoms with Gasteiger partial charge in [-0.05, 0) is 62.5 Å². The molecule has 0 bridgehead atoms. The van der Waals surface area contributed by atoms with Crippen LogP contribution in [0.4, 0.5) is 0 Å². The third-order valence-electron chi connectivity index (χ3n) is 8.20. The van der Waals surface area contributed by atoms with Crippen molar-refractivity contribution in [1.29, 1.82) is 0 Å². The van der Waals surface area contributed by atoms with E-state index >= 15 is 0 Å². The van der Waals surface area contributed by atoms with Crippen molar-refractivity contribution < 1.29 is 0 Å². The van der Waals surface area contributed by atoms with Crippen molar-refractivity contribution in [1.82, 2.24) is 0 Å². The monoisotopic (exact) mass is 625 g/mol. The molecule has 6 rings (SSSR count). The van der Waals surface area contributed by atoms with Crippen LogP contribution in [0.5, 0.6) is 0 Å². The molecule has 0 fully saturated rings. The predicted octanol–water partition coefficient (Wildman–Crippen LogP) is 7.43. The minimum Gasteiger partial charge on any atom is -0.330 e. The van der Waals surface area contributed by atoms with E-state index in [1.165, 1.54) is 31.8 Å². The van der Waals surface area contributed by atoms with Crippen molar-refractivity contribution in [3.8, 4) is 0 Å². The van der Waals surface area contributed by atoms with Crippen LogP contribution in [-0.4, -0.2) is 17.1 Å². The van der Waals surface area contributed by atoms with Gasteiger partial charge in [-0.3, -0.25) is 0 Å². The summed E-state index contributed by atoms with van der Waals surface area (Å²) in [5.41, 5.74) is 7.34. The summed E-state index contributed by atoms with van der Waals surface area (Å²) in [5.74, 6) is 0. The molecule has 2 N–H and O–H groups in total. The Bertz CT molecular complexity index is 1500. The molecule has 0 aliphatic heterocycles. The molecule has 0 aliphatic rings. The van der Waals surface area contributed by atoms with Crippen molar-refractivity contribution in [3.05, 3.63) is 182 Å². The standard InChI is InChI=1S/C40H38NP3/c1-40(43(35-24-12-4-13-25-35)36-26-14-5-15-27-36,44(37-28-16-6-17-29-37)38-30-18-7-19-31-38)39(32-41)42(33-20-8-2-9-21-33)34-22-10-3-11-23-34/h2-31,39H,32,41H2,1H3. The number of hydrogen-bond acceptors (Lipinski definition) is 1. The van der Waals surface area contributed by atoms with Crippen molar-refractivity contribution in [2.75, 3.05) is 6.54 Å². The van der Waals surface area contributed by atoms with E-state index < -0.39 is 23.8 Å². The van der Waals surface area contributed by atoms with Crippen LogP contribution >= 0.6 is 23.8 Å². The van der Waals surface area contributed by atoms with E-state index in [0.717, 1.165) is 0 Å². The maximum atomic E-state index is 7.16. The lowest BCUT2D eigenvalue weighted by molar-refractivity contribution is 0.780. The van der Waals surface area contributed by atoms with Gasteiger partial charge < -0.3 is 5.73 Å². The fourth-order valence-corrected chi connectivity index (χ4v) is 18.0. The molecule has 0 heterocycles. The zero-order valence-electron chi connectivity index (χ0n) is 25.0. The van der Waals surface area contributed by atoms with Gasteiger partial charge in [-0.25, -0.2) is 0 Å². The van der Waals surface area contributed by atoms with Crippen LogP contribution in [0, 0.1) is 0 Å². The van der Waals surface area contributed by atoms with Gasteiger partial charge in [-0.1, -0.05) is 182 Å². The summed E-state index contributed by atoms with van der Waals surface area (Å²) in [6.07, 6.45) is 0. The molecule has 0 saturated carbocycles. The SMILES string of the molecule is CC(C(CN)P(c1ccccc1)c1ccccc1)(P(c1ccccc1)c1ccccc1)P(c1ccccc1)c1ccccc1. The van der Waals surface area contributed by atoms with Crippen LogP contribution in [-0.2, 0) is 0 Å². The summed E-state index contributed by atoms with van der Waals surface area (Å²) in [5, 5.41) is 8.33. The molecule has 0 aliphatic carbocycles. The third-order valence-corrected chi connectivity index (χ3v) is 18.6. The average Bonchev–Trinajstić information content (AvgIpc) is 3.10. The first-order chi connectivity index (χ1) is 21.7. The molecule has 44 heavy (non-hydrogen) atoms. The Hall–Kier alpha value is -3.43. The molecule has 218 valence electrons. The Morgan fingerprint density at radius 2 is 0.636 bits per heavy atom. The van der Waals surface area contributed by atoms with Crippen LogP contribution < -0.4 is 37.6 Å². The number of benzene rings is 6. The van der Waals surface area contributed by atoms with Gasteiger partial charge >= 0.3 is 0 Å². The molecule has 0 spiro atoms. The Morgan fingerprint density at radius 3 is 0.864 bits per heavy atom. The molecule has 0 saturated heterocycles. The van der Waals surface area contributed by atoms with E-state index in [0.29, 0.717) is 6.54 Å². The summed E-state index contributed by atoms with van der Waals surface area (Å²) in [7, 11) is -2.57. The molecular formula is C40H38NP3. The topological polar surface area (TPSA) is 26.0 Å². The lowest BCUT2D eigenvalue weighted by atomic mass is 10.3. The summed E-state index contributed by atoms with van der Waals surface area (Å²) >= 11 is 0. The van der Waals surface area contributed by atoms with Gasteiger partial charge in [0.15, 0.2) is 0 Å². The van der Waals surface area contributed by atoms with Gasteiger partial charge in [0.1, 0.15) is 0 Å². The highest BCUT2D eigenvalue weighted by atomic mass is 31.2. The first kappa shape index (κ1) is 30.6. The van der Waals surface area contributed by atoms with Gasteiger partial charge in [0, 0.05) is 17.1 Å². The zero-order valence-corrected chi connectivity index (χ0v) is 27.7. The van der Waals surface area contributed by atoms with Crippen LogP contribution in [0.15, 0.2) is 182 Å². The normalized spacial score (nSPS) is 12.5. The second kappa shape index (κ2) is 14.6. The summed E-state index contributed by atoms with van der Waals surface area (Å²) < 4.78 is 0. The highest BCUT2D eigenvalue weighted by Gasteiger charge is 2.52. The minimum absolute atomic E-state index is 0.181. The summed E-state index contributed by atoms with van der Waals surface area (Å²) in [6, 6.07) is 67.3. The Balaban J connectivity index is 1.71. The second-order valence-corrected chi connectivity index (χ2v) is 18.9. The number of nitrogens with two attached hydrogens (primary N) is 1. The zero-order chi connectivity index (χ0) is 30.2. The van der Waals surface area contributed by atoms with Crippen LogP contribution in [0.1, 0.15) is 6.92 Å². The molecule has 1 nitrogen and oxygen atoms in total. The van der Waals surface area contributed by atoms with Crippen molar-refractivity contribution in [2.24, 2.45) is 5.73 Å². The van der Waals surface area contributed by atoms with E-state index in [-0.39, 0.29) is 10.6 Å². The second-order valence-electron chi connectivity index (χ2n) is 10.9. The maximum absolute atomic E-state index is 7.16. The minimum atomic E-state index is -0.876. The van der Waals surface area contributed by atoms with Gasteiger partial charge in [0.2, 0.25) is 0 Å². The molecule has 0 radical (unpaired) electrons. The highest BCUT2D eigenvalue weighted by Crippen LogP contribution is 2.71. The average molecular weight is 626 g/mol. The number of hydrogen-bond donors (Lipinski definition) is 1. The smallest absolute Gasteiger partial charge is 0.0324 e. The van der Waals surface area contributed by atoms with E-state index in [1.54, 1.807) is 0 Å². The summed E-state index contributed by atoms with van der Waals surface area (Å²) in [6.45, 7) is 3.17. The Kier molecular flexibility index (Phi) is 10.1. The quantitative estimate of drug-likeness (QED) is 0.149. The van der Waals surface area contributed by atoms with Gasteiger partial charge in [-0.2, -0.15) is 0 Å². The Labute approximate surface area is 266 Å². The van der Waals surface area contributed by atoms with E-state index in [1.807, 2.05) is 0 Å². The van der Waals surface area contributed by atoms with Gasteiger partial charge in [0.25, 0.3) is 0 Å². The van der Waals surface area contributed by atoms with E-state index in [9.17, 15) is 0 Å². The fourth-order valence-electron chi connectivity index (χ4n) is 6.31. The lowest BCUT2D eigenvalue weighted by Crippen LogP contribution is -2.50. The first-order valence-electron chi connectivity index (χ1n) is 15.1. The van der Waals surface area contributed by atoms with Crippen molar-refractivity contribution in [3.63, 3.8) is 0 Å². The van der Waals surface area contributed by atoms with Crippen LogP contribution in [0.3, 0.4) is 0 Å². The van der Waals surface area contributed by atoms with Gasteiger partial charge in [-0.15, -0.1) is 0 Å². The maximum Gasteiger partial charge on any atom is 0.0324 e. The van der Waals surface area contributed by atoms with Crippen molar-refractivity contribution >= 4 is 55.6 Å². The van der Waals surface area contributed by atoms with E-state index in [4.69, 9.17) is 5.73 Å². The molecule has 1 atom stereocenters. The predicted molar refractivity (Wildman–Crippen MR) is 198 cm³/mol. The first-order valence-corrected chi connectivity index (χ1v) is 19.2.